The van der Waals surface area contributed by atoms with E-state index in [4.69, 9.17) is 9.57 Å². The number of nitrogens with one attached hydrogen (secondary N) is 1. The van der Waals surface area contributed by atoms with Gasteiger partial charge in [-0.3, -0.25) is 4.79 Å². The number of nitrogens with zero attached hydrogens (tertiary/aromatic N) is 1. The summed E-state index contributed by atoms with van der Waals surface area (Å²) in [6.45, 7) is 0.363. The lowest BCUT2D eigenvalue weighted by molar-refractivity contribution is -0.132. The predicted octanol–water partition coefficient (Wildman–Crippen LogP) is 2.58. The Bertz CT molecular complexity index is 885. The molecular weight excluding hydrogens is 342 g/mol. The molecule has 26 heavy (non-hydrogen) atoms. The van der Waals surface area contributed by atoms with Gasteiger partial charge in [-0.25, -0.2) is 8.78 Å². The van der Waals surface area contributed by atoms with Gasteiger partial charge < -0.3 is 14.9 Å². The first-order valence-electron chi connectivity index (χ1n) is 8.29. The summed E-state index contributed by atoms with van der Waals surface area (Å²) >= 11 is 0. The summed E-state index contributed by atoms with van der Waals surface area (Å²) in [7, 11) is 0. The van der Waals surface area contributed by atoms with Crippen LogP contribution in [0.25, 0.3) is 0 Å². The maximum atomic E-state index is 13.8. The Labute approximate surface area is 148 Å². The van der Waals surface area contributed by atoms with Crippen LogP contribution in [0.4, 0.5) is 8.78 Å². The van der Waals surface area contributed by atoms with E-state index in [0.717, 1.165) is 29.5 Å². The number of ether oxygens (including phenoxy) is 1. The summed E-state index contributed by atoms with van der Waals surface area (Å²) in [6.07, 6.45) is -0.137. The molecule has 0 unspecified atom stereocenters. The van der Waals surface area contributed by atoms with Crippen LogP contribution in [0.15, 0.2) is 47.6 Å². The largest absolute Gasteiger partial charge is 0.491 e. The molecule has 4 rings (SSSR count). The molecule has 0 aromatic heterocycles. The van der Waals surface area contributed by atoms with Crippen molar-refractivity contribution in [3.8, 4) is 5.75 Å². The van der Waals surface area contributed by atoms with Gasteiger partial charge in [0.05, 0.1) is 11.8 Å². The number of oxime groups is 1. The number of halogens is 2. The highest BCUT2D eigenvalue weighted by Gasteiger charge is 2.32. The third-order valence-corrected chi connectivity index (χ3v) is 4.43. The fourth-order valence-corrected chi connectivity index (χ4v) is 3.11. The van der Waals surface area contributed by atoms with E-state index in [2.05, 4.69) is 10.5 Å². The molecular formula is C19H16F2N2O3. The molecule has 1 amide bonds. The van der Waals surface area contributed by atoms with Gasteiger partial charge in [-0.05, 0) is 36.2 Å². The van der Waals surface area contributed by atoms with E-state index in [1.165, 1.54) is 0 Å². The highest BCUT2D eigenvalue weighted by Crippen LogP contribution is 2.25. The molecule has 2 heterocycles. The van der Waals surface area contributed by atoms with Crippen molar-refractivity contribution in [3.05, 3.63) is 65.2 Å². The number of benzene rings is 2. The maximum Gasteiger partial charge on any atom is 0.264 e. The summed E-state index contributed by atoms with van der Waals surface area (Å²) in [6, 6.07) is 10.6. The fourth-order valence-electron chi connectivity index (χ4n) is 3.11. The molecule has 0 radical (unpaired) electrons. The quantitative estimate of drug-likeness (QED) is 0.917. The molecule has 2 aromatic carbocycles. The molecule has 5 nitrogen and oxygen atoms in total. The van der Waals surface area contributed by atoms with E-state index in [9.17, 15) is 13.6 Å². The molecule has 0 aliphatic carbocycles. The number of amides is 1. The van der Waals surface area contributed by atoms with Crippen molar-refractivity contribution in [2.75, 3.05) is 6.61 Å². The van der Waals surface area contributed by atoms with Gasteiger partial charge in [0.2, 0.25) is 6.10 Å². The number of para-hydroxylation sites is 1. The Morgan fingerprint density at radius 1 is 1.15 bits per heavy atom. The van der Waals surface area contributed by atoms with E-state index in [1.807, 2.05) is 24.3 Å². The zero-order valence-corrected chi connectivity index (χ0v) is 13.7. The van der Waals surface area contributed by atoms with Gasteiger partial charge in [-0.1, -0.05) is 23.4 Å². The summed E-state index contributed by atoms with van der Waals surface area (Å²) in [5, 5.41) is 6.63. The van der Waals surface area contributed by atoms with E-state index in [-0.39, 0.29) is 29.6 Å². The van der Waals surface area contributed by atoms with Gasteiger partial charge in [-0.15, -0.1) is 0 Å². The second-order valence-electron chi connectivity index (χ2n) is 6.29. The molecule has 0 saturated carbocycles. The third-order valence-electron chi connectivity index (χ3n) is 4.43. The van der Waals surface area contributed by atoms with Crippen LogP contribution < -0.4 is 10.1 Å². The number of hydrogen-bond acceptors (Lipinski definition) is 4. The lowest BCUT2D eigenvalue weighted by Crippen LogP contribution is -2.46. The summed E-state index contributed by atoms with van der Waals surface area (Å²) in [4.78, 5) is 17.6. The van der Waals surface area contributed by atoms with Crippen molar-refractivity contribution in [2.45, 2.75) is 25.0 Å². The first-order chi connectivity index (χ1) is 12.6. The van der Waals surface area contributed by atoms with Gasteiger partial charge in [0.1, 0.15) is 24.0 Å². The molecule has 2 atom stereocenters. The van der Waals surface area contributed by atoms with Crippen LogP contribution in [0.5, 0.6) is 5.75 Å². The van der Waals surface area contributed by atoms with Crippen LogP contribution in [0, 0.1) is 11.6 Å². The summed E-state index contributed by atoms with van der Waals surface area (Å²) in [5.41, 5.74) is 1.25. The number of fused-ring (bicyclic) bond motifs is 1. The highest BCUT2D eigenvalue weighted by molar-refractivity contribution is 6.04. The van der Waals surface area contributed by atoms with Crippen molar-refractivity contribution in [2.24, 2.45) is 5.16 Å². The van der Waals surface area contributed by atoms with Crippen molar-refractivity contribution < 1.29 is 23.1 Å². The minimum absolute atomic E-state index is 0.00947. The summed E-state index contributed by atoms with van der Waals surface area (Å²) < 4.78 is 32.8. The number of rotatable bonds is 3. The van der Waals surface area contributed by atoms with Gasteiger partial charge in [0, 0.05) is 12.0 Å². The Kier molecular flexibility index (Phi) is 4.28. The zero-order chi connectivity index (χ0) is 18.1. The third kappa shape index (κ3) is 3.24. The molecule has 134 valence electrons. The number of hydrogen-bond donors (Lipinski definition) is 1. The van der Waals surface area contributed by atoms with E-state index >= 15 is 0 Å². The van der Waals surface area contributed by atoms with Crippen LogP contribution in [-0.4, -0.2) is 30.4 Å². The van der Waals surface area contributed by atoms with Crippen molar-refractivity contribution in [3.63, 3.8) is 0 Å². The smallest absolute Gasteiger partial charge is 0.264 e. The van der Waals surface area contributed by atoms with Gasteiger partial charge >= 0.3 is 0 Å². The average molecular weight is 358 g/mol. The molecule has 2 aliphatic rings. The van der Waals surface area contributed by atoms with Gasteiger partial charge in [0.15, 0.2) is 0 Å². The average Bonchev–Trinajstić information content (AvgIpc) is 3.14. The SMILES string of the molecule is O=C(N[C@H]1COc2ccccc2C1)[C@@H]1CC(c2cc(F)ccc2F)=NO1. The highest BCUT2D eigenvalue weighted by atomic mass is 19.1. The van der Waals surface area contributed by atoms with Crippen LogP contribution in [-0.2, 0) is 16.1 Å². The second-order valence-corrected chi connectivity index (χ2v) is 6.29. The van der Waals surface area contributed by atoms with Crippen LogP contribution in [0.3, 0.4) is 0 Å². The molecule has 2 aliphatic heterocycles. The molecule has 0 saturated heterocycles. The summed E-state index contributed by atoms with van der Waals surface area (Å²) in [5.74, 6) is -0.710. The fraction of sp³-hybridized carbons (Fsp3) is 0.263. The van der Waals surface area contributed by atoms with Crippen molar-refractivity contribution in [1.82, 2.24) is 5.32 Å². The molecule has 0 bridgehead atoms. The zero-order valence-electron chi connectivity index (χ0n) is 13.7. The minimum Gasteiger partial charge on any atom is -0.491 e. The molecule has 0 fully saturated rings. The van der Waals surface area contributed by atoms with E-state index in [1.54, 1.807) is 0 Å². The monoisotopic (exact) mass is 358 g/mol. The first-order valence-corrected chi connectivity index (χ1v) is 8.29. The lowest BCUT2D eigenvalue weighted by Gasteiger charge is -2.26. The lowest BCUT2D eigenvalue weighted by atomic mass is 10.0. The van der Waals surface area contributed by atoms with Crippen molar-refractivity contribution in [1.29, 1.82) is 0 Å². The van der Waals surface area contributed by atoms with Gasteiger partial charge in [0.25, 0.3) is 5.91 Å². The Morgan fingerprint density at radius 2 is 2.00 bits per heavy atom. The van der Waals surface area contributed by atoms with Gasteiger partial charge in [-0.2, -0.15) is 0 Å². The molecule has 0 spiro atoms. The van der Waals surface area contributed by atoms with E-state index in [0.29, 0.717) is 13.0 Å². The second kappa shape index (κ2) is 6.74. The van der Waals surface area contributed by atoms with Crippen LogP contribution in [0.2, 0.25) is 0 Å². The minimum atomic E-state index is -0.871. The van der Waals surface area contributed by atoms with Crippen LogP contribution >= 0.6 is 0 Å². The first kappa shape index (κ1) is 16.5. The predicted molar refractivity (Wildman–Crippen MR) is 90.0 cm³/mol. The molecule has 7 heteroatoms. The molecule has 2 aromatic rings. The number of carbonyl (C=O) groups excluding carboxylic acids is 1. The maximum absolute atomic E-state index is 13.8. The topological polar surface area (TPSA) is 59.9 Å². The Balaban J connectivity index is 1.38. The Hall–Kier alpha value is -2.96. The van der Waals surface area contributed by atoms with E-state index < -0.39 is 17.7 Å². The van der Waals surface area contributed by atoms with Crippen molar-refractivity contribution >= 4 is 11.6 Å². The Morgan fingerprint density at radius 3 is 2.88 bits per heavy atom. The standard InChI is InChI=1S/C19H16F2N2O3/c20-12-5-6-15(21)14(8-12)16-9-18(26-23-16)19(24)22-13-7-11-3-1-2-4-17(11)25-10-13/h1-6,8,13,18H,7,9-10H2,(H,22,24)/t13-,18+/m1/s1. The molecule has 1 N–H and O–H groups in total. The van der Waals surface area contributed by atoms with Crippen LogP contribution in [0.1, 0.15) is 17.5 Å². The number of carbonyl (C=O) groups is 1. The normalized spacial score (nSPS) is 21.2.